The average molecular weight is 328 g/mol. The molecule has 0 aromatic heterocycles. The van der Waals surface area contributed by atoms with Crippen LogP contribution >= 0.6 is 0 Å². The van der Waals surface area contributed by atoms with Gasteiger partial charge in [0.2, 0.25) is 5.91 Å². The van der Waals surface area contributed by atoms with Gasteiger partial charge in [0.25, 0.3) is 0 Å². The lowest BCUT2D eigenvalue weighted by atomic mass is 10.1. The van der Waals surface area contributed by atoms with E-state index in [0.29, 0.717) is 38.3 Å². The van der Waals surface area contributed by atoms with Crippen LogP contribution in [0.25, 0.3) is 0 Å². The fraction of sp³-hybridized carbons (Fsp3) is 0.316. The minimum absolute atomic E-state index is 0.181. The lowest BCUT2D eigenvalue weighted by Gasteiger charge is -2.34. The van der Waals surface area contributed by atoms with Gasteiger partial charge in [-0.1, -0.05) is 30.3 Å². The van der Waals surface area contributed by atoms with Gasteiger partial charge in [-0.3, -0.25) is 4.79 Å². The number of halogens is 1. The molecule has 1 aliphatic rings. The van der Waals surface area contributed by atoms with Crippen molar-refractivity contribution in [3.05, 3.63) is 66.0 Å². The van der Waals surface area contributed by atoms with E-state index in [9.17, 15) is 9.18 Å². The van der Waals surface area contributed by atoms with Crippen molar-refractivity contribution in [3.63, 3.8) is 0 Å². The topological polar surface area (TPSA) is 32.8 Å². The number of nitrogens with zero attached hydrogens (tertiary/aromatic N) is 2. The van der Waals surface area contributed by atoms with Gasteiger partial charge >= 0.3 is 0 Å². The van der Waals surface area contributed by atoms with Crippen molar-refractivity contribution >= 4 is 5.91 Å². The molecule has 0 spiro atoms. The molecule has 0 N–H and O–H groups in total. The van der Waals surface area contributed by atoms with E-state index in [1.807, 2.05) is 40.3 Å². The van der Waals surface area contributed by atoms with Crippen molar-refractivity contribution in [2.45, 2.75) is 12.8 Å². The van der Waals surface area contributed by atoms with Gasteiger partial charge in [-0.05, 0) is 36.2 Å². The highest BCUT2D eigenvalue weighted by molar-refractivity contribution is 5.76. The predicted octanol–water partition coefficient (Wildman–Crippen LogP) is 2.90. The molecule has 4 nitrogen and oxygen atoms in total. The number of aryl methyl sites for hydroxylation is 1. The number of hydrogen-bond acceptors (Lipinski definition) is 3. The molecule has 1 aliphatic heterocycles. The Morgan fingerprint density at radius 2 is 1.62 bits per heavy atom. The van der Waals surface area contributed by atoms with Crippen LogP contribution in [0.1, 0.15) is 12.0 Å². The lowest BCUT2D eigenvalue weighted by molar-refractivity contribution is -0.140. The van der Waals surface area contributed by atoms with Crippen LogP contribution in [0.5, 0.6) is 5.75 Å². The van der Waals surface area contributed by atoms with E-state index in [1.54, 1.807) is 12.1 Å². The molecule has 0 radical (unpaired) electrons. The SMILES string of the molecule is O=C(CCc1ccccc1)N1CCN(Oc2ccc(F)cc2)CC1. The molecule has 0 aliphatic carbocycles. The third kappa shape index (κ3) is 4.55. The van der Waals surface area contributed by atoms with E-state index in [2.05, 4.69) is 0 Å². The van der Waals surface area contributed by atoms with Crippen LogP contribution < -0.4 is 4.84 Å². The zero-order valence-electron chi connectivity index (χ0n) is 13.5. The molecule has 2 aromatic carbocycles. The molecular formula is C19H21FN2O2. The Morgan fingerprint density at radius 3 is 2.29 bits per heavy atom. The monoisotopic (exact) mass is 328 g/mol. The number of rotatable bonds is 5. The normalized spacial score (nSPS) is 15.3. The summed E-state index contributed by atoms with van der Waals surface area (Å²) in [7, 11) is 0. The minimum Gasteiger partial charge on any atom is -0.406 e. The van der Waals surface area contributed by atoms with Crippen LogP contribution in [0.15, 0.2) is 54.6 Å². The molecule has 3 rings (SSSR count). The molecule has 5 heteroatoms. The van der Waals surface area contributed by atoms with Crippen LogP contribution in [0.4, 0.5) is 4.39 Å². The molecular weight excluding hydrogens is 307 g/mol. The molecule has 0 unspecified atom stereocenters. The van der Waals surface area contributed by atoms with E-state index in [-0.39, 0.29) is 11.7 Å². The molecule has 2 aromatic rings. The molecule has 0 saturated carbocycles. The van der Waals surface area contributed by atoms with E-state index in [1.165, 1.54) is 17.7 Å². The van der Waals surface area contributed by atoms with Gasteiger partial charge in [0.05, 0.1) is 13.1 Å². The summed E-state index contributed by atoms with van der Waals surface area (Å²) in [5, 5.41) is 1.81. The van der Waals surface area contributed by atoms with Crippen molar-refractivity contribution in [1.82, 2.24) is 9.96 Å². The molecule has 1 amide bonds. The Bertz CT molecular complexity index is 653. The lowest BCUT2D eigenvalue weighted by Crippen LogP contribution is -2.49. The van der Waals surface area contributed by atoms with Crippen LogP contribution in [-0.4, -0.2) is 42.0 Å². The van der Waals surface area contributed by atoms with Gasteiger partial charge in [0.15, 0.2) is 0 Å². The fourth-order valence-corrected chi connectivity index (χ4v) is 2.73. The van der Waals surface area contributed by atoms with E-state index in [0.717, 1.165) is 6.42 Å². The summed E-state index contributed by atoms with van der Waals surface area (Å²) in [6.07, 6.45) is 1.30. The summed E-state index contributed by atoms with van der Waals surface area (Å²) in [6.45, 7) is 2.59. The van der Waals surface area contributed by atoms with Gasteiger partial charge in [0, 0.05) is 19.5 Å². The van der Waals surface area contributed by atoms with Crippen LogP contribution in [0, 0.1) is 5.82 Å². The first kappa shape index (κ1) is 16.5. The minimum atomic E-state index is -0.281. The Morgan fingerprint density at radius 1 is 0.958 bits per heavy atom. The number of benzene rings is 2. The first-order chi connectivity index (χ1) is 11.7. The van der Waals surface area contributed by atoms with E-state index in [4.69, 9.17) is 4.84 Å². The quantitative estimate of drug-likeness (QED) is 0.846. The summed E-state index contributed by atoms with van der Waals surface area (Å²) < 4.78 is 12.9. The third-order valence-corrected chi connectivity index (χ3v) is 4.11. The summed E-state index contributed by atoms with van der Waals surface area (Å²) in [5.74, 6) is 0.511. The third-order valence-electron chi connectivity index (χ3n) is 4.11. The highest BCUT2D eigenvalue weighted by Gasteiger charge is 2.21. The average Bonchev–Trinajstić information content (AvgIpc) is 2.63. The summed E-state index contributed by atoms with van der Waals surface area (Å²) in [6, 6.07) is 16.0. The number of amides is 1. The van der Waals surface area contributed by atoms with Gasteiger partial charge in [-0.25, -0.2) is 4.39 Å². The van der Waals surface area contributed by atoms with Crippen LogP contribution in [0.2, 0.25) is 0 Å². The van der Waals surface area contributed by atoms with Crippen LogP contribution in [0.3, 0.4) is 0 Å². The summed E-state index contributed by atoms with van der Waals surface area (Å²) in [4.78, 5) is 19.9. The smallest absolute Gasteiger partial charge is 0.222 e. The van der Waals surface area contributed by atoms with Crippen molar-refractivity contribution < 1.29 is 14.0 Å². The number of hydrogen-bond donors (Lipinski definition) is 0. The molecule has 1 fully saturated rings. The summed E-state index contributed by atoms with van der Waals surface area (Å²) >= 11 is 0. The second kappa shape index (κ2) is 7.93. The first-order valence-electron chi connectivity index (χ1n) is 8.21. The molecule has 0 atom stereocenters. The number of hydroxylamine groups is 2. The highest BCUT2D eigenvalue weighted by atomic mass is 19.1. The van der Waals surface area contributed by atoms with Gasteiger partial charge < -0.3 is 9.74 Å². The molecule has 1 heterocycles. The number of carbonyl (C=O) groups excluding carboxylic acids is 1. The largest absolute Gasteiger partial charge is 0.406 e. The number of carbonyl (C=O) groups is 1. The maximum absolute atomic E-state index is 12.9. The maximum atomic E-state index is 12.9. The Kier molecular flexibility index (Phi) is 5.43. The van der Waals surface area contributed by atoms with Gasteiger partial charge in [-0.15, -0.1) is 5.06 Å². The second-order valence-electron chi connectivity index (χ2n) is 5.84. The summed E-state index contributed by atoms with van der Waals surface area (Å²) in [5.41, 5.74) is 1.18. The maximum Gasteiger partial charge on any atom is 0.222 e. The van der Waals surface area contributed by atoms with E-state index < -0.39 is 0 Å². The fourth-order valence-electron chi connectivity index (χ4n) is 2.73. The standard InChI is InChI=1S/C19H21FN2O2/c20-17-7-9-18(10-8-17)24-22-14-12-21(13-15-22)19(23)11-6-16-4-2-1-3-5-16/h1-5,7-10H,6,11-15H2. The van der Waals surface area contributed by atoms with Crippen molar-refractivity contribution in [2.75, 3.05) is 26.2 Å². The van der Waals surface area contributed by atoms with Gasteiger partial charge in [0.1, 0.15) is 11.6 Å². The molecule has 1 saturated heterocycles. The molecule has 24 heavy (non-hydrogen) atoms. The zero-order chi connectivity index (χ0) is 16.8. The van der Waals surface area contributed by atoms with Crippen molar-refractivity contribution in [1.29, 1.82) is 0 Å². The predicted molar refractivity (Wildman–Crippen MR) is 89.9 cm³/mol. The Hall–Kier alpha value is -2.40. The van der Waals surface area contributed by atoms with Crippen molar-refractivity contribution in [3.8, 4) is 5.75 Å². The van der Waals surface area contributed by atoms with E-state index >= 15 is 0 Å². The molecule has 0 bridgehead atoms. The van der Waals surface area contributed by atoms with Crippen molar-refractivity contribution in [2.24, 2.45) is 0 Å². The van der Waals surface area contributed by atoms with Crippen LogP contribution in [-0.2, 0) is 11.2 Å². The van der Waals surface area contributed by atoms with Gasteiger partial charge in [-0.2, -0.15) is 0 Å². The highest BCUT2D eigenvalue weighted by Crippen LogP contribution is 2.14. The first-order valence-corrected chi connectivity index (χ1v) is 8.21. The second-order valence-corrected chi connectivity index (χ2v) is 5.84. The molecule has 126 valence electrons. The number of piperazine rings is 1. The Balaban J connectivity index is 1.42. The Labute approximate surface area is 141 Å². The zero-order valence-corrected chi connectivity index (χ0v) is 13.5.